The van der Waals surface area contributed by atoms with Gasteiger partial charge in [-0.1, -0.05) is 93.0 Å². The molecule has 9 heteroatoms. The standard InChI is InChI=1S/C34H37ClFN3O3Si/c1-23-20-39(21-24(2)42-23)32-28(38-31(30(36)29(32)35)33(40)25-13-12-18-37-19-25)22-41-43(34(3,4)5,26-14-8-6-9-15-26)27-16-10-7-11-17-27/h6-19,23-24H,20-22H2,1-5H3/t23-,24+. The van der Waals surface area contributed by atoms with Crippen molar-refractivity contribution in [2.24, 2.45) is 0 Å². The van der Waals surface area contributed by atoms with Crippen LogP contribution in [-0.4, -0.2) is 49.4 Å². The molecule has 3 heterocycles. The summed E-state index contributed by atoms with van der Waals surface area (Å²) >= 11 is 6.83. The van der Waals surface area contributed by atoms with Gasteiger partial charge >= 0.3 is 0 Å². The first-order valence-electron chi connectivity index (χ1n) is 14.5. The zero-order chi connectivity index (χ0) is 30.8. The predicted octanol–water partition coefficient (Wildman–Crippen LogP) is 6.19. The highest BCUT2D eigenvalue weighted by Gasteiger charge is 2.50. The van der Waals surface area contributed by atoms with E-state index >= 15 is 4.39 Å². The average Bonchev–Trinajstić information content (AvgIpc) is 2.99. The molecule has 0 spiro atoms. The molecule has 0 bridgehead atoms. The summed E-state index contributed by atoms with van der Waals surface area (Å²) in [5, 5.41) is 1.76. The number of carbonyl (C=O) groups is 1. The molecule has 0 saturated carbocycles. The number of ether oxygens (including phenoxy) is 1. The number of aromatic nitrogens is 2. The summed E-state index contributed by atoms with van der Waals surface area (Å²) in [6.45, 7) is 11.5. The number of morpholine rings is 1. The Kier molecular flexibility index (Phi) is 9.13. The normalized spacial score (nSPS) is 17.6. The number of pyridine rings is 2. The molecule has 6 nitrogen and oxygen atoms in total. The van der Waals surface area contributed by atoms with Crippen molar-refractivity contribution in [3.8, 4) is 0 Å². The summed E-state index contributed by atoms with van der Waals surface area (Å²) in [4.78, 5) is 24.2. The van der Waals surface area contributed by atoms with Crippen molar-refractivity contribution in [3.05, 3.63) is 113 Å². The summed E-state index contributed by atoms with van der Waals surface area (Å²) in [6.07, 6.45) is 2.74. The Bertz CT molecular complexity index is 1520. The van der Waals surface area contributed by atoms with Gasteiger partial charge in [-0.2, -0.15) is 0 Å². The van der Waals surface area contributed by atoms with E-state index in [9.17, 15) is 4.79 Å². The maximum atomic E-state index is 16.0. The monoisotopic (exact) mass is 617 g/mol. The molecular formula is C34H37ClFN3O3Si. The van der Waals surface area contributed by atoms with Crippen LogP contribution < -0.4 is 15.3 Å². The third kappa shape index (κ3) is 6.15. The molecule has 1 fully saturated rings. The number of carbonyl (C=O) groups excluding carboxylic acids is 1. The fourth-order valence-electron chi connectivity index (χ4n) is 6.08. The third-order valence-corrected chi connectivity index (χ3v) is 13.2. The van der Waals surface area contributed by atoms with Crippen LogP contribution in [0.15, 0.2) is 85.2 Å². The van der Waals surface area contributed by atoms with Gasteiger partial charge < -0.3 is 14.1 Å². The molecule has 1 saturated heterocycles. The number of anilines is 1. The first-order valence-corrected chi connectivity index (χ1v) is 16.8. The van der Waals surface area contributed by atoms with Crippen LogP contribution in [0.2, 0.25) is 10.1 Å². The Morgan fingerprint density at radius 3 is 2.09 bits per heavy atom. The van der Waals surface area contributed by atoms with Gasteiger partial charge in [-0.25, -0.2) is 9.37 Å². The molecule has 4 aromatic rings. The fraction of sp³-hybridized carbons (Fsp3) is 0.324. The molecular weight excluding hydrogens is 581 g/mol. The molecule has 0 N–H and O–H groups in total. The summed E-state index contributed by atoms with van der Waals surface area (Å²) in [5.74, 6) is -1.44. The Morgan fingerprint density at radius 2 is 1.58 bits per heavy atom. The molecule has 0 aliphatic carbocycles. The maximum Gasteiger partial charge on any atom is 0.261 e. The zero-order valence-electron chi connectivity index (χ0n) is 25.2. The van der Waals surface area contributed by atoms with E-state index < -0.39 is 19.9 Å². The average molecular weight is 618 g/mol. The van der Waals surface area contributed by atoms with Crippen LogP contribution in [0.5, 0.6) is 0 Å². The van der Waals surface area contributed by atoms with Crippen LogP contribution in [-0.2, 0) is 15.8 Å². The lowest BCUT2D eigenvalue weighted by Crippen LogP contribution is -2.66. The highest BCUT2D eigenvalue weighted by atomic mass is 35.5. The minimum atomic E-state index is -2.99. The largest absolute Gasteiger partial charge is 0.401 e. The molecule has 1 aliphatic heterocycles. The van der Waals surface area contributed by atoms with Gasteiger partial charge in [0.2, 0.25) is 5.78 Å². The van der Waals surface area contributed by atoms with Crippen LogP contribution >= 0.6 is 11.6 Å². The Morgan fingerprint density at radius 1 is 1.00 bits per heavy atom. The SMILES string of the molecule is C[C@@H]1CN(c2c(CO[Si](c3ccccc3)(c3ccccc3)C(C)(C)C)nc(C(=O)c3cccnc3)c(F)c2Cl)C[C@H](C)O1. The van der Waals surface area contributed by atoms with Crippen LogP contribution in [0.4, 0.5) is 10.1 Å². The number of hydrogen-bond acceptors (Lipinski definition) is 6. The topological polar surface area (TPSA) is 64.5 Å². The molecule has 2 aromatic carbocycles. The lowest BCUT2D eigenvalue weighted by molar-refractivity contribution is -0.00535. The zero-order valence-corrected chi connectivity index (χ0v) is 26.9. The summed E-state index contributed by atoms with van der Waals surface area (Å²) < 4.78 is 29.1. The highest BCUT2D eigenvalue weighted by molar-refractivity contribution is 6.99. The number of rotatable bonds is 8. The first kappa shape index (κ1) is 31.0. The van der Waals surface area contributed by atoms with E-state index in [0.29, 0.717) is 24.5 Å². The van der Waals surface area contributed by atoms with Crippen LogP contribution in [0.1, 0.15) is 56.4 Å². The van der Waals surface area contributed by atoms with Gasteiger partial charge in [0, 0.05) is 31.0 Å². The second-order valence-corrected chi connectivity index (χ2v) is 16.8. The van der Waals surface area contributed by atoms with Gasteiger partial charge in [0.1, 0.15) is 10.7 Å². The minimum absolute atomic E-state index is 0.0239. The lowest BCUT2D eigenvalue weighted by Gasteiger charge is -2.43. The summed E-state index contributed by atoms with van der Waals surface area (Å²) in [5.41, 5.74) is 0.720. The van der Waals surface area contributed by atoms with E-state index in [0.717, 1.165) is 10.4 Å². The van der Waals surface area contributed by atoms with Gasteiger partial charge in [-0.05, 0) is 41.4 Å². The van der Waals surface area contributed by atoms with Crippen molar-refractivity contribution < 1.29 is 18.3 Å². The molecule has 2 atom stereocenters. The smallest absolute Gasteiger partial charge is 0.261 e. The molecule has 5 rings (SSSR count). The van der Waals surface area contributed by atoms with Crippen molar-refractivity contribution in [1.82, 2.24) is 9.97 Å². The van der Waals surface area contributed by atoms with Gasteiger partial charge in [0.15, 0.2) is 5.82 Å². The van der Waals surface area contributed by atoms with Crippen molar-refractivity contribution in [2.45, 2.75) is 58.5 Å². The van der Waals surface area contributed by atoms with Gasteiger partial charge in [-0.3, -0.25) is 9.78 Å². The predicted molar refractivity (Wildman–Crippen MR) is 172 cm³/mol. The number of hydrogen-bond donors (Lipinski definition) is 0. The molecule has 43 heavy (non-hydrogen) atoms. The van der Waals surface area contributed by atoms with Crippen LogP contribution in [0, 0.1) is 5.82 Å². The Balaban J connectivity index is 1.68. The maximum absolute atomic E-state index is 16.0. The molecule has 224 valence electrons. The first-order chi connectivity index (χ1) is 20.5. The van der Waals surface area contributed by atoms with E-state index in [2.05, 4.69) is 55.0 Å². The van der Waals surface area contributed by atoms with E-state index in [1.54, 1.807) is 18.3 Å². The Labute approximate surface area is 259 Å². The summed E-state index contributed by atoms with van der Waals surface area (Å²) in [7, 11) is -2.99. The van der Waals surface area contributed by atoms with E-state index in [1.165, 1.54) is 6.20 Å². The van der Waals surface area contributed by atoms with Crippen molar-refractivity contribution >= 4 is 41.8 Å². The van der Waals surface area contributed by atoms with E-state index in [1.807, 2.05) is 55.1 Å². The summed E-state index contributed by atoms with van der Waals surface area (Å²) in [6, 6.07) is 23.7. The molecule has 0 radical (unpaired) electrons. The molecule has 1 aliphatic rings. The molecule has 0 unspecified atom stereocenters. The van der Waals surface area contributed by atoms with Crippen LogP contribution in [0.25, 0.3) is 0 Å². The number of nitrogens with zero attached hydrogens (tertiary/aromatic N) is 3. The van der Waals surface area contributed by atoms with E-state index in [-0.39, 0.29) is 40.1 Å². The molecule has 0 amide bonds. The number of halogens is 2. The number of ketones is 1. The van der Waals surface area contributed by atoms with Gasteiger partial charge in [-0.15, -0.1) is 0 Å². The highest BCUT2D eigenvalue weighted by Crippen LogP contribution is 2.40. The van der Waals surface area contributed by atoms with Crippen molar-refractivity contribution in [1.29, 1.82) is 0 Å². The van der Waals surface area contributed by atoms with Crippen molar-refractivity contribution in [2.75, 3.05) is 18.0 Å². The van der Waals surface area contributed by atoms with Crippen molar-refractivity contribution in [3.63, 3.8) is 0 Å². The number of benzene rings is 2. The third-order valence-electron chi connectivity index (χ3n) is 7.85. The van der Waals surface area contributed by atoms with E-state index in [4.69, 9.17) is 20.8 Å². The van der Waals surface area contributed by atoms with Gasteiger partial charge in [0.05, 0.1) is 30.2 Å². The van der Waals surface area contributed by atoms with Gasteiger partial charge in [0.25, 0.3) is 8.32 Å². The lowest BCUT2D eigenvalue weighted by atomic mass is 10.1. The fourth-order valence-corrected chi connectivity index (χ4v) is 10.9. The quantitative estimate of drug-likeness (QED) is 0.174. The minimum Gasteiger partial charge on any atom is -0.401 e. The molecule has 2 aromatic heterocycles. The van der Waals surface area contributed by atoms with Crippen LogP contribution in [0.3, 0.4) is 0 Å². The Hall–Kier alpha value is -3.43. The second-order valence-electron chi connectivity index (χ2n) is 12.1. The second kappa shape index (κ2) is 12.7.